The number of nitrogens with zero attached hydrogens (tertiary/aromatic N) is 3. The zero-order valence-corrected chi connectivity index (χ0v) is 31.5. The van der Waals surface area contributed by atoms with E-state index in [0.29, 0.717) is 47.7 Å². The maximum Gasteiger partial charge on any atom is 0.345 e. The first kappa shape index (κ1) is 41.6. The number of benzene rings is 2. The zero-order chi connectivity index (χ0) is 40.2. The van der Waals surface area contributed by atoms with Gasteiger partial charge in [-0.25, -0.2) is 23.4 Å². The lowest BCUT2D eigenvalue weighted by Crippen LogP contribution is -2.33. The smallest absolute Gasteiger partial charge is 0.345 e. The van der Waals surface area contributed by atoms with Gasteiger partial charge in [-0.05, 0) is 67.6 Å². The number of halogens is 2. The van der Waals surface area contributed by atoms with Crippen molar-refractivity contribution in [1.29, 1.82) is 0 Å². The van der Waals surface area contributed by atoms with Crippen LogP contribution in [0.15, 0.2) is 76.7 Å². The van der Waals surface area contributed by atoms with Crippen LogP contribution in [-0.4, -0.2) is 63.1 Å². The first-order valence-electron chi connectivity index (χ1n) is 17.7. The van der Waals surface area contributed by atoms with Gasteiger partial charge in [0.15, 0.2) is 17.2 Å². The predicted molar refractivity (Wildman–Crippen MR) is 200 cm³/mol. The largest absolute Gasteiger partial charge is 0.493 e. The second-order valence-corrected chi connectivity index (χ2v) is 13.0. The minimum absolute atomic E-state index is 0.0109. The van der Waals surface area contributed by atoms with Gasteiger partial charge >= 0.3 is 11.9 Å². The molecule has 5 rings (SSSR count). The van der Waals surface area contributed by atoms with Gasteiger partial charge in [0.1, 0.15) is 35.1 Å². The summed E-state index contributed by atoms with van der Waals surface area (Å²) in [4.78, 5) is 67.7. The fourth-order valence-corrected chi connectivity index (χ4v) is 5.04. The minimum Gasteiger partial charge on any atom is -0.493 e. The van der Waals surface area contributed by atoms with Gasteiger partial charge in [-0.15, -0.1) is 0 Å². The molecule has 292 valence electrons. The summed E-state index contributed by atoms with van der Waals surface area (Å²) in [7, 11) is 0. The van der Waals surface area contributed by atoms with Crippen LogP contribution in [0.2, 0.25) is 0 Å². The van der Waals surface area contributed by atoms with Crippen molar-refractivity contribution in [2.75, 3.05) is 26.4 Å². The molecule has 0 saturated carbocycles. The Balaban J connectivity index is 0.000000245. The van der Waals surface area contributed by atoms with Crippen molar-refractivity contribution in [2.24, 2.45) is 11.8 Å². The number of nitrogens with one attached hydrogen (secondary N) is 1. The van der Waals surface area contributed by atoms with E-state index in [-0.39, 0.29) is 41.4 Å². The summed E-state index contributed by atoms with van der Waals surface area (Å²) in [5, 5.41) is 0. The average molecular weight is 763 g/mol. The van der Waals surface area contributed by atoms with Crippen molar-refractivity contribution in [1.82, 2.24) is 18.9 Å². The van der Waals surface area contributed by atoms with Gasteiger partial charge in [-0.1, -0.05) is 39.8 Å². The number of aromatic amines is 1. The number of carbonyl (C=O) groups is 3. The van der Waals surface area contributed by atoms with Gasteiger partial charge in [0, 0.05) is 29.7 Å². The number of H-pyrrole nitrogens is 1. The quantitative estimate of drug-likeness (QED) is 0.0927. The SMILES string of the molecule is CCOC(=O)c1c[nH]c2c(F)c(-c3ccc(OCC(C)C)cc3)cn2c1=O.CCOC(=O)c1cnc(CF)n(CC(=O)c2ccc(OCC(C)C)cc2)c1=O. The molecule has 15 heteroatoms. The molecule has 3 aromatic heterocycles. The number of rotatable bonds is 15. The van der Waals surface area contributed by atoms with Crippen LogP contribution in [0.25, 0.3) is 16.8 Å². The lowest BCUT2D eigenvalue weighted by Gasteiger charge is -2.12. The number of alkyl halides is 1. The Kier molecular flexibility index (Phi) is 14.6. The second-order valence-electron chi connectivity index (χ2n) is 13.0. The summed E-state index contributed by atoms with van der Waals surface area (Å²) in [5.41, 5.74) is -0.806. The second kappa shape index (κ2) is 19.3. The van der Waals surface area contributed by atoms with Gasteiger partial charge in [0.2, 0.25) is 0 Å². The van der Waals surface area contributed by atoms with Crippen molar-refractivity contribution in [3.05, 3.63) is 116 Å². The molecule has 13 nitrogen and oxygen atoms in total. The molecule has 0 unspecified atom stereocenters. The Morgan fingerprint density at radius 1 is 0.800 bits per heavy atom. The molecule has 0 radical (unpaired) electrons. The highest BCUT2D eigenvalue weighted by atomic mass is 19.1. The van der Waals surface area contributed by atoms with Gasteiger partial charge in [-0.2, -0.15) is 0 Å². The molecule has 0 bridgehead atoms. The Hall–Kier alpha value is -6.12. The van der Waals surface area contributed by atoms with Gasteiger partial charge < -0.3 is 23.9 Å². The number of esters is 2. The zero-order valence-electron chi connectivity index (χ0n) is 31.5. The van der Waals surface area contributed by atoms with E-state index < -0.39 is 47.9 Å². The summed E-state index contributed by atoms with van der Waals surface area (Å²) in [6.07, 6.45) is 3.51. The Labute approximate surface area is 315 Å². The molecular formula is C40H44F2N4O9. The molecule has 0 atom stereocenters. The highest BCUT2D eigenvalue weighted by Crippen LogP contribution is 2.28. The number of hydrogen-bond donors (Lipinski definition) is 1. The van der Waals surface area contributed by atoms with Crippen LogP contribution in [0.4, 0.5) is 8.78 Å². The summed E-state index contributed by atoms with van der Waals surface area (Å²) >= 11 is 0. The molecule has 3 heterocycles. The van der Waals surface area contributed by atoms with Crippen LogP contribution in [0.3, 0.4) is 0 Å². The molecular weight excluding hydrogens is 718 g/mol. The van der Waals surface area contributed by atoms with Gasteiger partial charge in [0.05, 0.1) is 33.0 Å². The molecule has 55 heavy (non-hydrogen) atoms. The third-order valence-electron chi connectivity index (χ3n) is 7.80. The van der Waals surface area contributed by atoms with Gasteiger partial charge in [-0.3, -0.25) is 23.4 Å². The van der Waals surface area contributed by atoms with Gasteiger partial charge in [0.25, 0.3) is 11.1 Å². The number of hydrogen-bond acceptors (Lipinski definition) is 10. The predicted octanol–water partition coefficient (Wildman–Crippen LogP) is 6.45. The van der Waals surface area contributed by atoms with E-state index in [1.165, 1.54) is 12.4 Å². The van der Waals surface area contributed by atoms with Crippen LogP contribution < -0.4 is 20.6 Å². The Morgan fingerprint density at radius 2 is 1.35 bits per heavy atom. The number of ketones is 1. The topological polar surface area (TPSA) is 160 Å². The maximum absolute atomic E-state index is 14.8. The van der Waals surface area contributed by atoms with Crippen molar-refractivity contribution >= 4 is 23.4 Å². The Bertz CT molecular complexity index is 2230. The van der Waals surface area contributed by atoms with Crippen molar-refractivity contribution < 1.29 is 42.1 Å². The summed E-state index contributed by atoms with van der Waals surface area (Å²) in [6.45, 7) is 11.3. The highest BCUT2D eigenvalue weighted by molar-refractivity contribution is 5.96. The van der Waals surface area contributed by atoms with E-state index in [4.69, 9.17) is 18.9 Å². The Morgan fingerprint density at radius 3 is 1.87 bits per heavy atom. The standard InChI is InChI=1S/C20H23FN2O5.C20H21FN2O4/c1-4-27-20(26)16-10-22-18(9-21)23(19(16)25)11-17(24)14-5-7-15(8-6-14)28-12-13(2)3;1-4-26-20(25)15-9-22-18-17(21)16(10-23(18)19(15)24)13-5-7-14(8-6-13)27-11-12(2)3/h5-8,10,13H,4,9,11-12H2,1-3H3;5-10,12,22H,4,11H2,1-3H3. The molecule has 0 amide bonds. The number of carbonyl (C=O) groups excluding carboxylic acids is 3. The molecule has 0 saturated heterocycles. The van der Waals surface area contributed by atoms with Crippen LogP contribution in [0, 0.1) is 17.7 Å². The van der Waals surface area contributed by atoms with Crippen LogP contribution in [0.5, 0.6) is 11.5 Å². The lowest BCUT2D eigenvalue weighted by atomic mass is 10.1. The fourth-order valence-electron chi connectivity index (χ4n) is 5.04. The van der Waals surface area contributed by atoms with E-state index in [1.807, 2.05) is 13.8 Å². The maximum atomic E-state index is 14.8. The first-order valence-corrected chi connectivity index (χ1v) is 17.7. The van der Waals surface area contributed by atoms with E-state index in [2.05, 4.69) is 23.8 Å². The summed E-state index contributed by atoms with van der Waals surface area (Å²) in [5.74, 6) is -0.752. The molecule has 0 fully saturated rings. The fraction of sp³-hybridized carbons (Fsp3) is 0.350. The molecule has 0 aliphatic heterocycles. The highest BCUT2D eigenvalue weighted by Gasteiger charge is 2.21. The molecule has 5 aromatic rings. The lowest BCUT2D eigenvalue weighted by molar-refractivity contribution is 0.0513. The monoisotopic (exact) mass is 762 g/mol. The van der Waals surface area contributed by atoms with E-state index in [0.717, 1.165) is 15.2 Å². The van der Waals surface area contributed by atoms with E-state index in [9.17, 15) is 32.8 Å². The summed E-state index contributed by atoms with van der Waals surface area (Å²) < 4.78 is 50.8. The molecule has 2 aromatic carbocycles. The first-order chi connectivity index (χ1) is 26.3. The van der Waals surface area contributed by atoms with E-state index in [1.54, 1.807) is 62.4 Å². The van der Waals surface area contributed by atoms with Crippen LogP contribution in [0.1, 0.15) is 78.4 Å². The number of fused-ring (bicyclic) bond motifs is 1. The van der Waals surface area contributed by atoms with Crippen LogP contribution >= 0.6 is 0 Å². The van der Waals surface area contributed by atoms with Crippen molar-refractivity contribution in [3.8, 4) is 22.6 Å². The van der Waals surface area contributed by atoms with Crippen LogP contribution in [-0.2, 0) is 22.7 Å². The van der Waals surface area contributed by atoms with Crippen molar-refractivity contribution in [3.63, 3.8) is 0 Å². The molecule has 1 N–H and O–H groups in total. The third-order valence-corrected chi connectivity index (χ3v) is 7.80. The summed E-state index contributed by atoms with van der Waals surface area (Å²) in [6, 6.07) is 13.4. The normalized spacial score (nSPS) is 10.9. The molecule has 0 spiro atoms. The molecule has 0 aliphatic rings. The minimum atomic E-state index is -1.05. The van der Waals surface area contributed by atoms with Crippen molar-refractivity contribution in [2.45, 2.75) is 54.8 Å². The third kappa shape index (κ3) is 10.5. The number of Topliss-reactive ketones (excluding diaryl/α,β-unsaturated/α-hetero) is 1. The molecule has 0 aliphatic carbocycles. The number of ether oxygens (including phenoxy) is 4. The van der Waals surface area contributed by atoms with E-state index >= 15 is 0 Å². The number of aromatic nitrogens is 4. The average Bonchev–Trinajstić information content (AvgIpc) is 3.51.